The van der Waals surface area contributed by atoms with Crippen LogP contribution in [0.15, 0.2) is 16.7 Å². The molecule has 0 bridgehead atoms. The van der Waals surface area contributed by atoms with Gasteiger partial charge in [-0.05, 0) is 19.9 Å². The summed E-state index contributed by atoms with van der Waals surface area (Å²) in [6.07, 6.45) is 1.42. The summed E-state index contributed by atoms with van der Waals surface area (Å²) in [6.45, 7) is 4.12. The van der Waals surface area contributed by atoms with Gasteiger partial charge in [-0.3, -0.25) is 4.79 Å². The van der Waals surface area contributed by atoms with Crippen molar-refractivity contribution in [3.05, 3.63) is 23.7 Å². The van der Waals surface area contributed by atoms with Gasteiger partial charge in [-0.2, -0.15) is 0 Å². The highest BCUT2D eigenvalue weighted by Crippen LogP contribution is 2.06. The van der Waals surface area contributed by atoms with Crippen molar-refractivity contribution >= 4 is 5.91 Å². The van der Waals surface area contributed by atoms with Crippen LogP contribution in [0.1, 0.15) is 30.0 Å². The normalized spacial score (nSPS) is 10.5. The number of rotatable bonds is 3. The number of nitrogens with one attached hydrogen (secondary N) is 1. The van der Waals surface area contributed by atoms with Gasteiger partial charge >= 0.3 is 0 Å². The van der Waals surface area contributed by atoms with Gasteiger partial charge in [0.2, 0.25) is 0 Å². The molecule has 0 aliphatic carbocycles. The molecule has 13 heavy (non-hydrogen) atoms. The summed E-state index contributed by atoms with van der Waals surface area (Å²) < 4.78 is 5.03. The Morgan fingerprint density at radius 2 is 2.38 bits per heavy atom. The second-order valence-corrected chi connectivity index (χ2v) is 3.13. The van der Waals surface area contributed by atoms with Crippen LogP contribution in [0.25, 0.3) is 0 Å². The standard InChI is InChI=1S/C9H14N2O2/c1-6(2)11-9(12)7-3-8(4-10)13-5-7/h3,5-6H,4,10H2,1-2H3,(H,11,12). The summed E-state index contributed by atoms with van der Waals surface area (Å²) in [7, 11) is 0. The average molecular weight is 182 g/mol. The molecule has 0 saturated heterocycles. The number of carbonyl (C=O) groups is 1. The molecule has 1 aromatic rings. The van der Waals surface area contributed by atoms with E-state index in [9.17, 15) is 4.79 Å². The molecule has 1 aromatic heterocycles. The van der Waals surface area contributed by atoms with Gasteiger partial charge in [-0.25, -0.2) is 0 Å². The SMILES string of the molecule is CC(C)NC(=O)c1coc(CN)c1. The molecule has 1 amide bonds. The molecule has 0 spiro atoms. The lowest BCUT2D eigenvalue weighted by Gasteiger charge is -2.05. The molecule has 0 aliphatic rings. The summed E-state index contributed by atoms with van der Waals surface area (Å²) in [6, 6.07) is 1.78. The van der Waals surface area contributed by atoms with E-state index >= 15 is 0 Å². The highest BCUT2D eigenvalue weighted by molar-refractivity contribution is 5.94. The first-order valence-electron chi connectivity index (χ1n) is 4.22. The summed E-state index contributed by atoms with van der Waals surface area (Å²) in [5.41, 5.74) is 5.86. The fourth-order valence-electron chi connectivity index (χ4n) is 0.952. The quantitative estimate of drug-likeness (QED) is 0.729. The maximum absolute atomic E-state index is 11.4. The molecule has 4 nitrogen and oxygen atoms in total. The summed E-state index contributed by atoms with van der Waals surface area (Å²) in [4.78, 5) is 11.4. The molecule has 1 rings (SSSR count). The topological polar surface area (TPSA) is 68.3 Å². The first-order valence-corrected chi connectivity index (χ1v) is 4.22. The average Bonchev–Trinajstić information content (AvgIpc) is 2.50. The van der Waals surface area contributed by atoms with Crippen LogP contribution in [0.3, 0.4) is 0 Å². The molecule has 3 N–H and O–H groups in total. The van der Waals surface area contributed by atoms with Gasteiger partial charge in [-0.1, -0.05) is 0 Å². The maximum atomic E-state index is 11.4. The Morgan fingerprint density at radius 1 is 1.69 bits per heavy atom. The van der Waals surface area contributed by atoms with Crippen LogP contribution >= 0.6 is 0 Å². The van der Waals surface area contributed by atoms with E-state index in [1.807, 2.05) is 13.8 Å². The van der Waals surface area contributed by atoms with E-state index in [-0.39, 0.29) is 11.9 Å². The second-order valence-electron chi connectivity index (χ2n) is 3.13. The third-order valence-electron chi connectivity index (χ3n) is 1.54. The van der Waals surface area contributed by atoms with E-state index < -0.39 is 0 Å². The molecule has 0 fully saturated rings. The fourth-order valence-corrected chi connectivity index (χ4v) is 0.952. The summed E-state index contributed by atoms with van der Waals surface area (Å²) >= 11 is 0. The number of carbonyl (C=O) groups excluding carboxylic acids is 1. The van der Waals surface area contributed by atoms with Gasteiger partial charge in [0, 0.05) is 6.04 Å². The van der Waals surface area contributed by atoms with Crippen molar-refractivity contribution < 1.29 is 9.21 Å². The van der Waals surface area contributed by atoms with Crippen LogP contribution in [0.5, 0.6) is 0 Å². The monoisotopic (exact) mass is 182 g/mol. The van der Waals surface area contributed by atoms with Gasteiger partial charge in [0.05, 0.1) is 12.1 Å². The largest absolute Gasteiger partial charge is 0.467 e. The van der Waals surface area contributed by atoms with Crippen molar-refractivity contribution in [1.29, 1.82) is 0 Å². The Morgan fingerprint density at radius 3 is 2.85 bits per heavy atom. The molecule has 0 unspecified atom stereocenters. The minimum Gasteiger partial charge on any atom is -0.467 e. The Kier molecular flexibility index (Phi) is 3.08. The predicted molar refractivity (Wildman–Crippen MR) is 49.2 cm³/mol. The maximum Gasteiger partial charge on any atom is 0.254 e. The zero-order valence-corrected chi connectivity index (χ0v) is 7.83. The Balaban J connectivity index is 2.66. The smallest absolute Gasteiger partial charge is 0.254 e. The van der Waals surface area contributed by atoms with Crippen molar-refractivity contribution in [2.75, 3.05) is 0 Å². The molecular formula is C9H14N2O2. The first-order chi connectivity index (χ1) is 6.13. The van der Waals surface area contributed by atoms with Crippen LogP contribution in [0, 0.1) is 0 Å². The fraction of sp³-hybridized carbons (Fsp3) is 0.444. The van der Waals surface area contributed by atoms with Crippen molar-refractivity contribution in [2.24, 2.45) is 5.73 Å². The van der Waals surface area contributed by atoms with Gasteiger partial charge < -0.3 is 15.5 Å². The number of nitrogens with two attached hydrogens (primary N) is 1. The van der Waals surface area contributed by atoms with E-state index in [0.29, 0.717) is 17.9 Å². The molecular weight excluding hydrogens is 168 g/mol. The van der Waals surface area contributed by atoms with Crippen LogP contribution in [0.2, 0.25) is 0 Å². The van der Waals surface area contributed by atoms with Crippen molar-refractivity contribution in [2.45, 2.75) is 26.4 Å². The highest BCUT2D eigenvalue weighted by atomic mass is 16.3. The molecule has 0 atom stereocenters. The number of amides is 1. The van der Waals surface area contributed by atoms with E-state index in [1.54, 1.807) is 6.07 Å². The predicted octanol–water partition coefficient (Wildman–Crippen LogP) is 0.877. The Bertz CT molecular complexity index is 292. The minimum atomic E-state index is -0.126. The lowest BCUT2D eigenvalue weighted by molar-refractivity contribution is 0.0942. The van der Waals surface area contributed by atoms with E-state index in [0.717, 1.165) is 0 Å². The molecule has 0 radical (unpaired) electrons. The lowest BCUT2D eigenvalue weighted by atomic mass is 10.2. The molecule has 0 aliphatic heterocycles. The van der Waals surface area contributed by atoms with E-state index in [4.69, 9.17) is 10.2 Å². The van der Waals surface area contributed by atoms with E-state index in [1.165, 1.54) is 6.26 Å². The van der Waals surface area contributed by atoms with Crippen LogP contribution in [0.4, 0.5) is 0 Å². The molecule has 1 heterocycles. The molecule has 0 aromatic carbocycles. The number of furan rings is 1. The Hall–Kier alpha value is -1.29. The van der Waals surface area contributed by atoms with Gasteiger partial charge in [0.15, 0.2) is 0 Å². The first kappa shape index (κ1) is 9.80. The summed E-state index contributed by atoms with van der Waals surface area (Å²) in [5.74, 6) is 0.493. The third-order valence-corrected chi connectivity index (χ3v) is 1.54. The molecule has 72 valence electrons. The zero-order valence-electron chi connectivity index (χ0n) is 7.83. The highest BCUT2D eigenvalue weighted by Gasteiger charge is 2.09. The number of hydrogen-bond donors (Lipinski definition) is 2. The van der Waals surface area contributed by atoms with Crippen LogP contribution in [-0.4, -0.2) is 11.9 Å². The molecule has 0 saturated carbocycles. The van der Waals surface area contributed by atoms with Gasteiger partial charge in [0.1, 0.15) is 12.0 Å². The van der Waals surface area contributed by atoms with Crippen LogP contribution < -0.4 is 11.1 Å². The lowest BCUT2D eigenvalue weighted by Crippen LogP contribution is -2.29. The van der Waals surface area contributed by atoms with Crippen molar-refractivity contribution in [3.63, 3.8) is 0 Å². The van der Waals surface area contributed by atoms with Crippen molar-refractivity contribution in [1.82, 2.24) is 5.32 Å². The number of hydrogen-bond acceptors (Lipinski definition) is 3. The Labute approximate surface area is 77.1 Å². The van der Waals surface area contributed by atoms with Gasteiger partial charge in [0.25, 0.3) is 5.91 Å². The minimum absolute atomic E-state index is 0.126. The van der Waals surface area contributed by atoms with E-state index in [2.05, 4.69) is 5.32 Å². The van der Waals surface area contributed by atoms with Gasteiger partial charge in [-0.15, -0.1) is 0 Å². The van der Waals surface area contributed by atoms with Crippen LogP contribution in [-0.2, 0) is 6.54 Å². The third kappa shape index (κ3) is 2.59. The molecule has 4 heteroatoms. The second kappa shape index (κ2) is 4.09. The van der Waals surface area contributed by atoms with Crippen molar-refractivity contribution in [3.8, 4) is 0 Å². The zero-order chi connectivity index (χ0) is 9.84. The summed E-state index contributed by atoms with van der Waals surface area (Å²) in [5, 5.41) is 2.76.